The normalized spacial score (nSPS) is 13.4. The van der Waals surface area contributed by atoms with E-state index in [1.165, 1.54) is 23.0 Å². The fraction of sp³-hybridized carbons (Fsp3) is 0.389. The molecule has 2 aromatic rings. The zero-order chi connectivity index (χ0) is 22.3. The molecule has 30 heavy (non-hydrogen) atoms. The average molecular weight is 433 g/mol. The van der Waals surface area contributed by atoms with Crippen molar-refractivity contribution in [1.29, 1.82) is 0 Å². The summed E-state index contributed by atoms with van der Waals surface area (Å²) in [6, 6.07) is 6.35. The van der Waals surface area contributed by atoms with Crippen LogP contribution in [-0.4, -0.2) is 53.7 Å². The number of halogens is 4. The second-order valence-electron chi connectivity index (χ2n) is 6.06. The molecule has 1 aliphatic rings. The zero-order valence-electron chi connectivity index (χ0n) is 15.9. The Morgan fingerprint density at radius 1 is 1.37 bits per heavy atom. The van der Waals surface area contributed by atoms with Gasteiger partial charge in [0.15, 0.2) is 0 Å². The molecule has 0 amide bonds. The Morgan fingerprint density at radius 2 is 2.07 bits per heavy atom. The third-order valence-corrected chi connectivity index (χ3v) is 3.97. The van der Waals surface area contributed by atoms with Crippen molar-refractivity contribution in [3.05, 3.63) is 52.5 Å². The fourth-order valence-corrected chi connectivity index (χ4v) is 2.52. The minimum Gasteiger partial charge on any atom is -0.485 e. The highest BCUT2D eigenvalue weighted by Gasteiger charge is 2.38. The van der Waals surface area contributed by atoms with Gasteiger partial charge in [-0.25, -0.2) is 14.2 Å². The first kappa shape index (κ1) is 23.1. The van der Waals surface area contributed by atoms with Crippen LogP contribution in [0.3, 0.4) is 0 Å². The molecule has 3 rings (SSSR count). The Morgan fingerprint density at radius 3 is 2.67 bits per heavy atom. The Balaban J connectivity index is 0.000000396. The zero-order valence-corrected chi connectivity index (χ0v) is 15.9. The van der Waals surface area contributed by atoms with Crippen LogP contribution in [0.2, 0.25) is 0 Å². The Kier molecular flexibility index (Phi) is 7.75. The third-order valence-electron chi connectivity index (χ3n) is 3.97. The van der Waals surface area contributed by atoms with Crippen LogP contribution in [0.4, 0.5) is 23.2 Å². The highest BCUT2D eigenvalue weighted by Crippen LogP contribution is 2.22. The number of nitrogens with zero attached hydrogens (tertiary/aromatic N) is 3. The van der Waals surface area contributed by atoms with Crippen LogP contribution >= 0.6 is 0 Å². The minimum atomic E-state index is -5.08. The highest BCUT2D eigenvalue weighted by atomic mass is 19.4. The van der Waals surface area contributed by atoms with Gasteiger partial charge in [0.1, 0.15) is 18.1 Å². The lowest BCUT2D eigenvalue weighted by Gasteiger charge is -2.21. The SMILES string of the molecule is COCCn1cnc2c(c1=O)OCCN(c1cccc(F)c1)C2.O=C(O)C(F)(F)F. The number of carbonyl (C=O) groups is 1. The van der Waals surface area contributed by atoms with Gasteiger partial charge in [-0.3, -0.25) is 9.36 Å². The molecule has 8 nitrogen and oxygen atoms in total. The minimum absolute atomic E-state index is 0.215. The smallest absolute Gasteiger partial charge is 0.485 e. The summed E-state index contributed by atoms with van der Waals surface area (Å²) in [4.78, 5) is 27.6. The number of carboxylic acid groups (broad SMARTS) is 1. The van der Waals surface area contributed by atoms with Gasteiger partial charge < -0.3 is 19.5 Å². The molecular weight excluding hydrogens is 414 g/mol. The van der Waals surface area contributed by atoms with E-state index in [9.17, 15) is 22.4 Å². The molecule has 164 valence electrons. The lowest BCUT2D eigenvalue weighted by molar-refractivity contribution is -0.192. The number of fused-ring (bicyclic) bond motifs is 1. The van der Waals surface area contributed by atoms with Gasteiger partial charge in [0.05, 0.1) is 32.6 Å². The number of ether oxygens (including phenoxy) is 2. The Hall–Kier alpha value is -3.15. The van der Waals surface area contributed by atoms with Crippen molar-refractivity contribution < 1.29 is 36.9 Å². The molecule has 0 unspecified atom stereocenters. The van der Waals surface area contributed by atoms with Crippen molar-refractivity contribution in [1.82, 2.24) is 9.55 Å². The summed E-state index contributed by atoms with van der Waals surface area (Å²) in [6.07, 6.45) is -3.58. The van der Waals surface area contributed by atoms with Gasteiger partial charge in [-0.05, 0) is 18.2 Å². The van der Waals surface area contributed by atoms with Crippen LogP contribution in [0.15, 0.2) is 35.4 Å². The number of rotatable bonds is 4. The quantitative estimate of drug-likeness (QED) is 0.738. The van der Waals surface area contributed by atoms with E-state index in [4.69, 9.17) is 19.4 Å². The van der Waals surface area contributed by atoms with Crippen molar-refractivity contribution >= 4 is 11.7 Å². The Bertz CT molecular complexity index is 933. The number of carboxylic acids is 1. The van der Waals surface area contributed by atoms with Gasteiger partial charge in [-0.15, -0.1) is 0 Å². The number of hydrogen-bond donors (Lipinski definition) is 1. The summed E-state index contributed by atoms with van der Waals surface area (Å²) >= 11 is 0. The van der Waals surface area contributed by atoms with Crippen LogP contribution in [0.25, 0.3) is 0 Å². The van der Waals surface area contributed by atoms with Crippen molar-refractivity contribution in [2.45, 2.75) is 19.3 Å². The van der Waals surface area contributed by atoms with Crippen LogP contribution in [0.5, 0.6) is 5.75 Å². The molecule has 1 aromatic heterocycles. The number of aromatic nitrogens is 2. The van der Waals surface area contributed by atoms with E-state index in [-0.39, 0.29) is 17.1 Å². The molecule has 0 atom stereocenters. The first-order chi connectivity index (χ1) is 14.1. The summed E-state index contributed by atoms with van der Waals surface area (Å²) in [6.45, 7) is 2.15. The molecule has 1 aliphatic heterocycles. The van der Waals surface area contributed by atoms with Gasteiger partial charge in [-0.2, -0.15) is 13.2 Å². The van der Waals surface area contributed by atoms with Gasteiger partial charge in [0.2, 0.25) is 5.75 Å². The maximum Gasteiger partial charge on any atom is 0.490 e. The van der Waals surface area contributed by atoms with Crippen molar-refractivity contribution in [2.24, 2.45) is 0 Å². The molecule has 2 heterocycles. The number of hydrogen-bond acceptors (Lipinski definition) is 6. The van der Waals surface area contributed by atoms with E-state index in [2.05, 4.69) is 4.98 Å². The molecule has 0 radical (unpaired) electrons. The third kappa shape index (κ3) is 6.17. The number of alkyl halides is 3. The van der Waals surface area contributed by atoms with Gasteiger partial charge in [0, 0.05) is 12.8 Å². The topological polar surface area (TPSA) is 93.9 Å². The number of methoxy groups -OCH3 is 1. The molecule has 0 saturated heterocycles. The fourth-order valence-electron chi connectivity index (χ4n) is 2.52. The average Bonchev–Trinajstić information content (AvgIpc) is 2.90. The van der Waals surface area contributed by atoms with Gasteiger partial charge >= 0.3 is 12.1 Å². The molecular formula is C18H19F4N3O5. The maximum absolute atomic E-state index is 13.4. The summed E-state index contributed by atoms with van der Waals surface area (Å²) in [5.74, 6) is -2.79. The lowest BCUT2D eigenvalue weighted by Crippen LogP contribution is -2.26. The Labute approximate surface area is 168 Å². The van der Waals surface area contributed by atoms with Crippen LogP contribution in [-0.2, 0) is 22.6 Å². The van der Waals surface area contributed by atoms with E-state index < -0.39 is 12.1 Å². The van der Waals surface area contributed by atoms with Crippen LogP contribution < -0.4 is 15.2 Å². The van der Waals surface area contributed by atoms with E-state index in [1.54, 1.807) is 13.2 Å². The van der Waals surface area contributed by atoms with E-state index in [0.717, 1.165) is 5.69 Å². The monoisotopic (exact) mass is 433 g/mol. The molecule has 0 saturated carbocycles. The lowest BCUT2D eigenvalue weighted by atomic mass is 10.2. The molecule has 0 bridgehead atoms. The first-order valence-corrected chi connectivity index (χ1v) is 8.64. The van der Waals surface area contributed by atoms with Crippen molar-refractivity contribution in [2.75, 3.05) is 31.8 Å². The summed E-state index contributed by atoms with van der Waals surface area (Å²) in [7, 11) is 1.58. The summed E-state index contributed by atoms with van der Waals surface area (Å²) in [5, 5.41) is 7.12. The van der Waals surface area contributed by atoms with Gasteiger partial charge in [-0.1, -0.05) is 6.07 Å². The predicted molar refractivity (Wildman–Crippen MR) is 97.0 cm³/mol. The molecule has 0 fully saturated rings. The molecule has 12 heteroatoms. The molecule has 1 aromatic carbocycles. The van der Waals surface area contributed by atoms with Crippen LogP contribution in [0, 0.1) is 5.82 Å². The number of anilines is 1. The van der Waals surface area contributed by atoms with Crippen molar-refractivity contribution in [3.63, 3.8) is 0 Å². The van der Waals surface area contributed by atoms with E-state index >= 15 is 0 Å². The maximum atomic E-state index is 13.4. The molecule has 1 N–H and O–H groups in total. The number of aliphatic carboxylic acids is 1. The number of benzene rings is 1. The van der Waals surface area contributed by atoms with Crippen LogP contribution in [0.1, 0.15) is 5.69 Å². The van der Waals surface area contributed by atoms with Crippen molar-refractivity contribution in [3.8, 4) is 5.75 Å². The molecule has 0 aliphatic carbocycles. The largest absolute Gasteiger partial charge is 0.490 e. The van der Waals surface area contributed by atoms with E-state index in [1.807, 2.05) is 11.0 Å². The first-order valence-electron chi connectivity index (χ1n) is 8.64. The highest BCUT2D eigenvalue weighted by molar-refractivity contribution is 5.73. The standard InChI is InChI=1S/C16H18FN3O3.C2HF3O2/c1-22-7-5-20-11-18-14-10-19(6-8-23-15(14)16(20)21)13-4-2-3-12(17)9-13;3-2(4,5)1(6)7/h2-4,9,11H,5-8,10H2,1H3;(H,6,7). The predicted octanol–water partition coefficient (Wildman–Crippen LogP) is 2.06. The van der Waals surface area contributed by atoms with Gasteiger partial charge in [0.25, 0.3) is 5.56 Å². The summed E-state index contributed by atoms with van der Waals surface area (Å²) in [5.41, 5.74) is 1.09. The second-order valence-corrected chi connectivity index (χ2v) is 6.06. The second kappa shape index (κ2) is 10.1. The summed E-state index contributed by atoms with van der Waals surface area (Å²) < 4.78 is 57.2. The van der Waals surface area contributed by atoms with E-state index in [0.29, 0.717) is 38.5 Å². The molecule has 0 spiro atoms.